The predicted molar refractivity (Wildman–Crippen MR) is 102 cm³/mol. The number of benzene rings is 1. The number of hydrogen-bond acceptors (Lipinski definition) is 8. The second-order valence-corrected chi connectivity index (χ2v) is 7.57. The minimum absolute atomic E-state index is 0.0284. The molecule has 0 aliphatic carbocycles. The Hall–Kier alpha value is -2.91. The number of halogens is 1. The summed E-state index contributed by atoms with van der Waals surface area (Å²) in [6, 6.07) is 7.63. The van der Waals surface area contributed by atoms with Crippen LogP contribution in [0.2, 0.25) is 5.02 Å². The van der Waals surface area contributed by atoms with Gasteiger partial charge in [-0.2, -0.15) is 15.2 Å². The molecular formula is C19H17ClN6O3. The van der Waals surface area contributed by atoms with Crippen LogP contribution in [0.1, 0.15) is 42.6 Å². The fraction of sp³-hybridized carbons (Fsp3) is 0.368. The Bertz CT molecular complexity index is 1040. The van der Waals surface area contributed by atoms with Crippen LogP contribution in [-0.4, -0.2) is 40.1 Å². The maximum Gasteiger partial charge on any atom is 0.261 e. The van der Waals surface area contributed by atoms with Crippen molar-refractivity contribution in [1.82, 2.24) is 15.0 Å². The molecule has 0 spiro atoms. The van der Waals surface area contributed by atoms with E-state index in [-0.39, 0.29) is 24.5 Å². The first kappa shape index (κ1) is 18.1. The predicted octanol–water partition coefficient (Wildman–Crippen LogP) is 3.40. The number of amides is 1. The van der Waals surface area contributed by atoms with Crippen molar-refractivity contribution in [2.45, 2.75) is 38.1 Å². The number of carbonyl (C=O) groups is 1. The van der Waals surface area contributed by atoms with Gasteiger partial charge >= 0.3 is 0 Å². The molecule has 1 saturated heterocycles. The summed E-state index contributed by atoms with van der Waals surface area (Å²) in [6.07, 6.45) is 1.64. The van der Waals surface area contributed by atoms with Crippen LogP contribution in [0.25, 0.3) is 0 Å². The molecule has 1 amide bonds. The normalized spacial score (nSPS) is 25.9. The summed E-state index contributed by atoms with van der Waals surface area (Å²) in [4.78, 5) is 22.8. The van der Waals surface area contributed by atoms with E-state index in [1.165, 1.54) is 11.2 Å². The Kier molecular flexibility index (Phi) is 4.48. The van der Waals surface area contributed by atoms with Gasteiger partial charge in [-0.25, -0.2) is 4.99 Å². The summed E-state index contributed by atoms with van der Waals surface area (Å²) in [5.74, 6) is 0.759. The highest BCUT2D eigenvalue weighted by molar-refractivity contribution is 6.30. The molecule has 1 aromatic carbocycles. The lowest BCUT2D eigenvalue weighted by atomic mass is 10.0. The highest BCUT2D eigenvalue weighted by atomic mass is 35.5. The van der Waals surface area contributed by atoms with Crippen LogP contribution in [0.3, 0.4) is 0 Å². The molecule has 9 nitrogen and oxygen atoms in total. The lowest BCUT2D eigenvalue weighted by Gasteiger charge is -2.22. The first-order valence-corrected chi connectivity index (χ1v) is 9.61. The molecule has 1 aromatic heterocycles. The quantitative estimate of drug-likeness (QED) is 0.765. The zero-order valence-electron chi connectivity index (χ0n) is 15.5. The Morgan fingerprint density at radius 1 is 1.28 bits per heavy atom. The summed E-state index contributed by atoms with van der Waals surface area (Å²) in [5.41, 5.74) is 2.15. The Morgan fingerprint density at radius 3 is 2.93 bits per heavy atom. The minimum Gasteiger partial charge on any atom is -0.373 e. The first-order valence-electron chi connectivity index (χ1n) is 9.24. The van der Waals surface area contributed by atoms with E-state index in [2.05, 4.69) is 25.4 Å². The number of hydrogen-bond donors (Lipinski definition) is 0. The largest absolute Gasteiger partial charge is 0.373 e. The number of azo groups is 1. The van der Waals surface area contributed by atoms with E-state index >= 15 is 0 Å². The van der Waals surface area contributed by atoms with Gasteiger partial charge in [-0.05, 0) is 31.0 Å². The summed E-state index contributed by atoms with van der Waals surface area (Å²) in [7, 11) is 0. The molecule has 148 valence electrons. The molecule has 0 N–H and O–H groups in total. The van der Waals surface area contributed by atoms with Crippen molar-refractivity contribution in [2.24, 2.45) is 15.2 Å². The van der Waals surface area contributed by atoms with Crippen molar-refractivity contribution in [3.63, 3.8) is 0 Å². The van der Waals surface area contributed by atoms with E-state index in [1.807, 2.05) is 24.3 Å². The average Bonchev–Trinajstić information content (AvgIpc) is 3.45. The van der Waals surface area contributed by atoms with E-state index in [4.69, 9.17) is 20.9 Å². The molecule has 3 aliphatic rings. The third kappa shape index (κ3) is 3.36. The number of allylic oxidation sites excluding steroid dienone is 1. The molecule has 4 heterocycles. The zero-order chi connectivity index (χ0) is 20.0. The number of aliphatic imine (C=N–C) groups is 1. The molecule has 3 aliphatic heterocycles. The highest BCUT2D eigenvalue weighted by Gasteiger charge is 2.35. The molecule has 10 heteroatoms. The van der Waals surface area contributed by atoms with Gasteiger partial charge in [0, 0.05) is 10.9 Å². The summed E-state index contributed by atoms with van der Waals surface area (Å²) < 4.78 is 11.3. The van der Waals surface area contributed by atoms with Crippen LogP contribution >= 0.6 is 11.6 Å². The summed E-state index contributed by atoms with van der Waals surface area (Å²) >= 11 is 5.95. The van der Waals surface area contributed by atoms with E-state index in [1.54, 1.807) is 6.92 Å². The zero-order valence-corrected chi connectivity index (χ0v) is 16.3. The average molecular weight is 413 g/mol. The monoisotopic (exact) mass is 412 g/mol. The smallest absolute Gasteiger partial charge is 0.261 e. The molecule has 1 fully saturated rings. The van der Waals surface area contributed by atoms with Gasteiger partial charge in [-0.15, -0.1) is 0 Å². The van der Waals surface area contributed by atoms with Crippen molar-refractivity contribution in [3.05, 3.63) is 57.8 Å². The van der Waals surface area contributed by atoms with E-state index < -0.39 is 6.17 Å². The van der Waals surface area contributed by atoms with Gasteiger partial charge in [0.25, 0.3) is 5.91 Å². The standard InChI is InChI=1S/C19H17ClN6O3/c1-10-16-18(24-23-10)21-9-26(19(16)27)7-15-22-17(25-29-15)12-6-14(28-8-12)11-2-4-13(20)5-3-11/h2-5,9,12,14,18H,6-8H2,1H3/t12-,14+,18?/m0/s1. The molecule has 0 radical (unpaired) electrons. The molecule has 3 atom stereocenters. The third-order valence-electron chi connectivity index (χ3n) is 5.20. The van der Waals surface area contributed by atoms with Gasteiger partial charge in [0.05, 0.1) is 30.3 Å². The van der Waals surface area contributed by atoms with Crippen LogP contribution < -0.4 is 0 Å². The van der Waals surface area contributed by atoms with Crippen LogP contribution in [0, 0.1) is 0 Å². The minimum atomic E-state index is -0.530. The Balaban J connectivity index is 1.26. The number of ether oxygens (including phenoxy) is 1. The van der Waals surface area contributed by atoms with Crippen molar-refractivity contribution in [1.29, 1.82) is 0 Å². The number of carbonyl (C=O) groups excluding carboxylic acids is 1. The third-order valence-corrected chi connectivity index (χ3v) is 5.45. The number of nitrogens with zero attached hydrogens (tertiary/aromatic N) is 6. The first-order chi connectivity index (χ1) is 14.1. The summed E-state index contributed by atoms with van der Waals surface area (Å²) in [5, 5.41) is 12.7. The lowest BCUT2D eigenvalue weighted by Crippen LogP contribution is -2.37. The van der Waals surface area contributed by atoms with Crippen LogP contribution in [-0.2, 0) is 16.1 Å². The van der Waals surface area contributed by atoms with E-state index in [0.29, 0.717) is 34.6 Å². The summed E-state index contributed by atoms with van der Waals surface area (Å²) in [6.45, 7) is 2.40. The van der Waals surface area contributed by atoms with Crippen LogP contribution in [0.5, 0.6) is 0 Å². The Labute approximate surface area is 171 Å². The van der Waals surface area contributed by atoms with Crippen molar-refractivity contribution < 1.29 is 14.1 Å². The van der Waals surface area contributed by atoms with Gasteiger partial charge in [0.1, 0.15) is 6.54 Å². The van der Waals surface area contributed by atoms with Crippen LogP contribution in [0.4, 0.5) is 0 Å². The number of aromatic nitrogens is 2. The van der Waals surface area contributed by atoms with Crippen LogP contribution in [0.15, 0.2) is 55.3 Å². The fourth-order valence-electron chi connectivity index (χ4n) is 3.63. The molecule has 2 aromatic rings. The Morgan fingerprint density at radius 2 is 2.10 bits per heavy atom. The number of fused-ring (bicyclic) bond motifs is 1. The number of rotatable bonds is 4. The molecule has 0 saturated carbocycles. The molecule has 29 heavy (non-hydrogen) atoms. The maximum absolute atomic E-state index is 12.6. The van der Waals surface area contributed by atoms with Crippen molar-refractivity contribution in [2.75, 3.05) is 6.61 Å². The van der Waals surface area contributed by atoms with Gasteiger partial charge in [0.2, 0.25) is 5.89 Å². The van der Waals surface area contributed by atoms with Crippen molar-refractivity contribution in [3.8, 4) is 0 Å². The maximum atomic E-state index is 12.6. The van der Waals surface area contributed by atoms with Gasteiger partial charge in [0.15, 0.2) is 12.0 Å². The molecule has 1 unspecified atom stereocenters. The van der Waals surface area contributed by atoms with Gasteiger partial charge < -0.3 is 9.26 Å². The van der Waals surface area contributed by atoms with Gasteiger partial charge in [-0.3, -0.25) is 9.69 Å². The molecule has 0 bridgehead atoms. The molecular weight excluding hydrogens is 396 g/mol. The van der Waals surface area contributed by atoms with E-state index in [9.17, 15) is 4.79 Å². The lowest BCUT2D eigenvalue weighted by molar-refractivity contribution is -0.124. The van der Waals surface area contributed by atoms with E-state index in [0.717, 1.165) is 12.0 Å². The SMILES string of the molecule is CC1=C2C(=O)N(Cc3nc([C@@H]4CO[C@@H](c5ccc(Cl)cc5)C4)no3)C=NC2N=N1. The second-order valence-electron chi connectivity index (χ2n) is 7.14. The second kappa shape index (κ2) is 7.16. The molecule has 5 rings (SSSR count). The fourth-order valence-corrected chi connectivity index (χ4v) is 3.76. The van der Waals surface area contributed by atoms with Crippen molar-refractivity contribution >= 4 is 23.8 Å². The topological polar surface area (TPSA) is 106 Å². The van der Waals surface area contributed by atoms with Gasteiger partial charge in [-0.1, -0.05) is 28.9 Å². The highest BCUT2D eigenvalue weighted by Crippen LogP contribution is 2.37.